The summed E-state index contributed by atoms with van der Waals surface area (Å²) in [5.74, 6) is 0. The van der Waals surface area contributed by atoms with Crippen LogP contribution < -0.4 is 5.56 Å². The number of pyridine rings is 1. The van der Waals surface area contributed by atoms with Gasteiger partial charge >= 0.3 is 0 Å². The summed E-state index contributed by atoms with van der Waals surface area (Å²) in [6, 6.07) is 5.52. The Morgan fingerprint density at radius 1 is 1.42 bits per heavy atom. The van der Waals surface area contributed by atoms with Gasteiger partial charge in [-0.2, -0.15) is 0 Å². The van der Waals surface area contributed by atoms with E-state index in [9.17, 15) is 4.79 Å². The molecule has 0 saturated carbocycles. The minimum atomic E-state index is 0.0215. The van der Waals surface area contributed by atoms with E-state index in [0.717, 1.165) is 12.8 Å². The zero-order valence-electron chi connectivity index (χ0n) is 7.50. The molecule has 1 aromatic heterocycles. The van der Waals surface area contributed by atoms with Crippen LogP contribution in [0.5, 0.6) is 0 Å². The van der Waals surface area contributed by atoms with E-state index < -0.39 is 0 Å². The van der Waals surface area contributed by atoms with E-state index in [4.69, 9.17) is 0 Å². The maximum absolute atomic E-state index is 11.5. The fraction of sp³-hybridized carbons (Fsp3) is 0.500. The molecule has 12 heavy (non-hydrogen) atoms. The molecule has 0 bridgehead atoms. The van der Waals surface area contributed by atoms with Gasteiger partial charge in [0.1, 0.15) is 0 Å². The van der Waals surface area contributed by atoms with Crippen LogP contribution in [0.3, 0.4) is 0 Å². The molecule has 0 spiro atoms. The van der Waals surface area contributed by atoms with Crippen LogP contribution in [0.15, 0.2) is 23.0 Å². The molecule has 0 radical (unpaired) electrons. The lowest BCUT2D eigenvalue weighted by Gasteiger charge is -2.21. The zero-order valence-corrected chi connectivity index (χ0v) is 7.50. The van der Waals surface area contributed by atoms with Crippen molar-refractivity contribution in [3.05, 3.63) is 34.2 Å². The lowest BCUT2D eigenvalue weighted by atomic mass is 10.0. The van der Waals surface area contributed by atoms with Gasteiger partial charge in [0, 0.05) is 17.3 Å². The van der Waals surface area contributed by atoms with E-state index in [1.54, 1.807) is 6.07 Å². The molecule has 1 aliphatic rings. The number of aryl methyl sites for hydroxylation is 1. The molecule has 2 rings (SSSR count). The average molecular weight is 163 g/mol. The van der Waals surface area contributed by atoms with Gasteiger partial charge in [-0.1, -0.05) is 6.07 Å². The number of hydrogen-bond acceptors (Lipinski definition) is 1. The highest BCUT2D eigenvalue weighted by atomic mass is 16.1. The molecule has 0 fully saturated rings. The molecule has 0 unspecified atom stereocenters. The Bertz CT molecular complexity index is 362. The highest BCUT2D eigenvalue weighted by Gasteiger charge is 2.29. The molecule has 0 amide bonds. The minimum absolute atomic E-state index is 0.0215. The van der Waals surface area contributed by atoms with Crippen molar-refractivity contribution in [2.24, 2.45) is 0 Å². The van der Waals surface area contributed by atoms with Crippen LogP contribution in [0.2, 0.25) is 0 Å². The van der Waals surface area contributed by atoms with Crippen LogP contribution in [-0.2, 0) is 12.0 Å². The predicted octanol–water partition coefficient (Wildman–Crippen LogP) is 1.53. The monoisotopic (exact) mass is 163 g/mol. The molecule has 1 aromatic rings. The standard InChI is InChI=1S/C10H13NO/c1-10(2)7-6-8-4-3-5-9(12)11(8)10/h3-5H,6-7H2,1-2H3. The average Bonchev–Trinajstić information content (AvgIpc) is 2.29. The maximum Gasteiger partial charge on any atom is 0.251 e. The molecular weight excluding hydrogens is 150 g/mol. The summed E-state index contributed by atoms with van der Waals surface area (Å²) in [7, 11) is 0. The molecular formula is C10H13NO. The Kier molecular flexibility index (Phi) is 1.40. The van der Waals surface area contributed by atoms with Crippen molar-refractivity contribution < 1.29 is 0 Å². The van der Waals surface area contributed by atoms with Crippen molar-refractivity contribution in [2.75, 3.05) is 0 Å². The summed E-state index contributed by atoms with van der Waals surface area (Å²) in [4.78, 5) is 11.5. The first-order chi connectivity index (χ1) is 5.61. The van der Waals surface area contributed by atoms with E-state index in [1.807, 2.05) is 16.7 Å². The maximum atomic E-state index is 11.5. The Balaban J connectivity index is 2.72. The predicted molar refractivity (Wildman–Crippen MR) is 48.3 cm³/mol. The molecule has 0 saturated heterocycles. The molecule has 0 aliphatic carbocycles. The van der Waals surface area contributed by atoms with Crippen LogP contribution in [0.25, 0.3) is 0 Å². The second kappa shape index (κ2) is 2.22. The molecule has 1 aliphatic heterocycles. The number of nitrogens with zero attached hydrogens (tertiary/aromatic N) is 1. The fourth-order valence-electron chi connectivity index (χ4n) is 1.96. The van der Waals surface area contributed by atoms with Crippen LogP contribution in [0, 0.1) is 0 Å². The molecule has 0 N–H and O–H groups in total. The lowest BCUT2D eigenvalue weighted by molar-refractivity contribution is 0.366. The number of aromatic nitrogens is 1. The second-order valence-electron chi connectivity index (χ2n) is 4.00. The Morgan fingerprint density at radius 2 is 2.17 bits per heavy atom. The SMILES string of the molecule is CC1(C)CCc2cccc(=O)n21. The van der Waals surface area contributed by atoms with Gasteiger partial charge in [0.15, 0.2) is 0 Å². The highest BCUT2D eigenvalue weighted by Crippen LogP contribution is 2.28. The van der Waals surface area contributed by atoms with Crippen molar-refractivity contribution >= 4 is 0 Å². The van der Waals surface area contributed by atoms with E-state index in [-0.39, 0.29) is 11.1 Å². The van der Waals surface area contributed by atoms with Gasteiger partial charge in [0.05, 0.1) is 0 Å². The van der Waals surface area contributed by atoms with Gasteiger partial charge < -0.3 is 4.57 Å². The van der Waals surface area contributed by atoms with Gasteiger partial charge in [-0.25, -0.2) is 0 Å². The first-order valence-corrected chi connectivity index (χ1v) is 4.33. The smallest absolute Gasteiger partial charge is 0.251 e. The van der Waals surface area contributed by atoms with Crippen LogP contribution in [-0.4, -0.2) is 4.57 Å². The zero-order chi connectivity index (χ0) is 8.77. The highest BCUT2D eigenvalue weighted by molar-refractivity contribution is 5.14. The van der Waals surface area contributed by atoms with Crippen molar-refractivity contribution in [1.29, 1.82) is 0 Å². The Hall–Kier alpha value is -1.05. The third-order valence-corrected chi connectivity index (χ3v) is 2.63. The van der Waals surface area contributed by atoms with Crippen molar-refractivity contribution in [3.63, 3.8) is 0 Å². The second-order valence-corrected chi connectivity index (χ2v) is 4.00. The summed E-state index contributed by atoms with van der Waals surface area (Å²) in [6.45, 7) is 4.23. The summed E-state index contributed by atoms with van der Waals surface area (Å²) < 4.78 is 1.91. The summed E-state index contributed by atoms with van der Waals surface area (Å²) in [5.41, 5.74) is 1.33. The normalized spacial score (nSPS) is 19.2. The molecule has 2 heteroatoms. The third-order valence-electron chi connectivity index (χ3n) is 2.63. The van der Waals surface area contributed by atoms with Gasteiger partial charge in [-0.3, -0.25) is 4.79 Å². The summed E-state index contributed by atoms with van der Waals surface area (Å²) in [6.07, 6.45) is 2.11. The number of fused-ring (bicyclic) bond motifs is 1. The van der Waals surface area contributed by atoms with Crippen molar-refractivity contribution in [3.8, 4) is 0 Å². The van der Waals surface area contributed by atoms with Crippen molar-refractivity contribution in [2.45, 2.75) is 32.2 Å². The van der Waals surface area contributed by atoms with Gasteiger partial charge in [-0.05, 0) is 32.8 Å². The number of hydrogen-bond donors (Lipinski definition) is 0. The topological polar surface area (TPSA) is 22.0 Å². The van der Waals surface area contributed by atoms with Gasteiger partial charge in [0.25, 0.3) is 5.56 Å². The van der Waals surface area contributed by atoms with Crippen molar-refractivity contribution in [1.82, 2.24) is 4.57 Å². The minimum Gasteiger partial charge on any atom is -0.307 e. The first-order valence-electron chi connectivity index (χ1n) is 4.33. The van der Waals surface area contributed by atoms with E-state index in [1.165, 1.54) is 5.69 Å². The Labute approximate surface area is 71.8 Å². The van der Waals surface area contributed by atoms with E-state index >= 15 is 0 Å². The van der Waals surface area contributed by atoms with E-state index in [0.29, 0.717) is 0 Å². The third kappa shape index (κ3) is 0.909. The van der Waals surface area contributed by atoms with Gasteiger partial charge in [0.2, 0.25) is 0 Å². The Morgan fingerprint density at radius 3 is 2.83 bits per heavy atom. The lowest BCUT2D eigenvalue weighted by Crippen LogP contribution is -2.32. The summed E-state index contributed by atoms with van der Waals surface area (Å²) >= 11 is 0. The molecule has 64 valence electrons. The molecule has 2 nitrogen and oxygen atoms in total. The van der Waals surface area contributed by atoms with E-state index in [2.05, 4.69) is 13.8 Å². The van der Waals surface area contributed by atoms with Crippen LogP contribution in [0.1, 0.15) is 26.0 Å². The van der Waals surface area contributed by atoms with Crippen LogP contribution >= 0.6 is 0 Å². The fourth-order valence-corrected chi connectivity index (χ4v) is 1.96. The molecule has 0 atom stereocenters. The van der Waals surface area contributed by atoms with Gasteiger partial charge in [-0.15, -0.1) is 0 Å². The molecule has 0 aromatic carbocycles. The summed E-state index contributed by atoms with van der Waals surface area (Å²) in [5, 5.41) is 0. The van der Waals surface area contributed by atoms with Crippen LogP contribution in [0.4, 0.5) is 0 Å². The first kappa shape index (κ1) is 7.59. The largest absolute Gasteiger partial charge is 0.307 e. The number of rotatable bonds is 0. The quantitative estimate of drug-likeness (QED) is 0.568. The molecule has 2 heterocycles.